The van der Waals surface area contributed by atoms with E-state index in [2.05, 4.69) is 0 Å². The molecule has 0 spiro atoms. The molecule has 0 heterocycles. The quantitative estimate of drug-likeness (QED) is 0.944. The number of rotatable bonds is 3. The topological polar surface area (TPSA) is 60.2 Å². The molecule has 0 saturated heterocycles. The van der Waals surface area contributed by atoms with Crippen LogP contribution in [0.4, 0.5) is 4.39 Å². The van der Waals surface area contributed by atoms with Crippen LogP contribution in [0.3, 0.4) is 0 Å². The molecule has 0 aromatic heterocycles. The molecule has 110 valence electrons. The minimum Gasteiger partial charge on any atom is -0.326 e. The third kappa shape index (κ3) is 2.57. The molecule has 0 aliphatic heterocycles. The molecule has 1 aliphatic carbocycles. The van der Waals surface area contributed by atoms with E-state index in [1.54, 1.807) is 12.1 Å². The van der Waals surface area contributed by atoms with Crippen LogP contribution in [-0.4, -0.2) is 19.7 Å². The van der Waals surface area contributed by atoms with Crippen LogP contribution in [0.15, 0.2) is 53.4 Å². The van der Waals surface area contributed by atoms with Gasteiger partial charge in [0, 0.05) is 17.0 Å². The van der Waals surface area contributed by atoms with Gasteiger partial charge in [-0.05, 0) is 42.0 Å². The molecule has 2 aromatic rings. The molecule has 6 heteroatoms. The summed E-state index contributed by atoms with van der Waals surface area (Å²) < 4.78 is 38.4. The summed E-state index contributed by atoms with van der Waals surface area (Å²) in [6.07, 6.45) is 0. The maximum absolute atomic E-state index is 13.3. The molecular weight excluding hydrogens is 313 g/mol. The molecule has 2 N–H and O–H groups in total. The van der Waals surface area contributed by atoms with Gasteiger partial charge in [-0.15, -0.1) is 0 Å². The van der Waals surface area contributed by atoms with Gasteiger partial charge in [0.15, 0.2) is 9.84 Å². The summed E-state index contributed by atoms with van der Waals surface area (Å²) in [5.74, 6) is -0.768. The van der Waals surface area contributed by atoms with Gasteiger partial charge < -0.3 is 5.73 Å². The molecule has 3 nitrogen and oxygen atoms in total. The molecule has 0 unspecified atom stereocenters. The van der Waals surface area contributed by atoms with Crippen LogP contribution in [0, 0.1) is 5.82 Å². The molecule has 1 saturated carbocycles. The van der Waals surface area contributed by atoms with Crippen LogP contribution in [0.25, 0.3) is 0 Å². The first-order valence-electron chi connectivity index (χ1n) is 6.42. The van der Waals surface area contributed by atoms with Crippen LogP contribution >= 0.6 is 11.6 Å². The Balaban J connectivity index is 1.93. The fourth-order valence-corrected chi connectivity index (χ4v) is 4.78. The van der Waals surface area contributed by atoms with Crippen molar-refractivity contribution in [2.45, 2.75) is 22.1 Å². The molecule has 21 heavy (non-hydrogen) atoms. The van der Waals surface area contributed by atoms with Gasteiger partial charge in [0.1, 0.15) is 5.82 Å². The summed E-state index contributed by atoms with van der Waals surface area (Å²) in [5.41, 5.74) is 6.53. The van der Waals surface area contributed by atoms with Crippen molar-refractivity contribution in [2.24, 2.45) is 5.73 Å². The first kappa shape index (κ1) is 14.5. The van der Waals surface area contributed by atoms with Crippen LogP contribution in [-0.2, 0) is 9.84 Å². The predicted molar refractivity (Wildman–Crippen MR) is 79.5 cm³/mol. The van der Waals surface area contributed by atoms with E-state index in [-0.39, 0.29) is 10.8 Å². The van der Waals surface area contributed by atoms with Gasteiger partial charge in [-0.2, -0.15) is 0 Å². The Hall–Kier alpha value is -1.43. The molecule has 3 rings (SSSR count). The standard InChI is InChI=1S/C15H13ClFNO2S/c16-10-4-6-12(7-5-10)21(19,20)15-13(14(15)18)9-2-1-3-11(17)8-9/h1-8,13-15H,18H2/t13-,14-,15+/m1/s1. The number of hydrogen-bond donors (Lipinski definition) is 1. The van der Waals surface area contributed by atoms with E-state index in [4.69, 9.17) is 17.3 Å². The van der Waals surface area contributed by atoms with Gasteiger partial charge in [-0.1, -0.05) is 23.7 Å². The highest BCUT2D eigenvalue weighted by atomic mass is 35.5. The lowest BCUT2D eigenvalue weighted by Crippen LogP contribution is -2.15. The molecule has 1 aliphatic rings. The van der Waals surface area contributed by atoms with E-state index in [9.17, 15) is 12.8 Å². The number of sulfone groups is 1. The van der Waals surface area contributed by atoms with Crippen molar-refractivity contribution in [1.29, 1.82) is 0 Å². The van der Waals surface area contributed by atoms with Gasteiger partial charge in [-0.25, -0.2) is 12.8 Å². The second kappa shape index (κ2) is 5.09. The monoisotopic (exact) mass is 325 g/mol. The minimum atomic E-state index is -3.55. The van der Waals surface area contributed by atoms with Gasteiger partial charge in [0.05, 0.1) is 10.1 Å². The largest absolute Gasteiger partial charge is 0.326 e. The maximum atomic E-state index is 13.3. The lowest BCUT2D eigenvalue weighted by Gasteiger charge is -2.04. The summed E-state index contributed by atoms with van der Waals surface area (Å²) >= 11 is 5.77. The number of hydrogen-bond acceptors (Lipinski definition) is 3. The normalized spacial score (nSPS) is 24.8. The molecular formula is C15H13ClFNO2S. The Labute approximate surface area is 127 Å². The molecule has 3 atom stereocenters. The Morgan fingerprint density at radius 3 is 2.38 bits per heavy atom. The van der Waals surface area contributed by atoms with Crippen LogP contribution in [0.1, 0.15) is 11.5 Å². The van der Waals surface area contributed by atoms with E-state index in [0.717, 1.165) is 0 Å². The summed E-state index contributed by atoms with van der Waals surface area (Å²) in [5, 5.41) is -0.254. The van der Waals surface area contributed by atoms with Crippen molar-refractivity contribution in [3.05, 3.63) is 64.9 Å². The SMILES string of the molecule is N[C@@H]1[C@@H](c2cccc(F)c2)[C@@H]1S(=O)(=O)c1ccc(Cl)cc1. The van der Waals surface area contributed by atoms with Crippen molar-refractivity contribution >= 4 is 21.4 Å². The van der Waals surface area contributed by atoms with Crippen LogP contribution in [0.5, 0.6) is 0 Å². The third-order valence-electron chi connectivity index (χ3n) is 3.74. The third-order valence-corrected chi connectivity index (χ3v) is 6.25. The van der Waals surface area contributed by atoms with Crippen molar-refractivity contribution < 1.29 is 12.8 Å². The maximum Gasteiger partial charge on any atom is 0.183 e. The Bertz CT molecular complexity index is 777. The Morgan fingerprint density at radius 1 is 1.10 bits per heavy atom. The van der Waals surface area contributed by atoms with Gasteiger partial charge >= 0.3 is 0 Å². The molecule has 2 aromatic carbocycles. The van der Waals surface area contributed by atoms with Crippen molar-refractivity contribution in [2.75, 3.05) is 0 Å². The van der Waals surface area contributed by atoms with Crippen molar-refractivity contribution in [3.63, 3.8) is 0 Å². The van der Waals surface area contributed by atoms with E-state index in [1.807, 2.05) is 0 Å². The van der Waals surface area contributed by atoms with Crippen LogP contribution < -0.4 is 5.73 Å². The summed E-state index contributed by atoms with van der Waals surface area (Å²) in [6.45, 7) is 0. The second-order valence-electron chi connectivity index (χ2n) is 5.12. The number of nitrogens with two attached hydrogens (primary N) is 1. The van der Waals surface area contributed by atoms with E-state index in [1.165, 1.54) is 36.4 Å². The fourth-order valence-electron chi connectivity index (χ4n) is 2.61. The summed E-state index contributed by atoms with van der Waals surface area (Å²) in [4.78, 5) is 0.186. The minimum absolute atomic E-state index is 0.186. The Kier molecular flexibility index (Phi) is 3.51. The van der Waals surface area contributed by atoms with Crippen LogP contribution in [0.2, 0.25) is 5.02 Å². The average molecular weight is 326 g/mol. The molecule has 0 radical (unpaired) electrons. The second-order valence-corrected chi connectivity index (χ2v) is 7.66. The van der Waals surface area contributed by atoms with Gasteiger partial charge in [0.25, 0.3) is 0 Å². The van der Waals surface area contributed by atoms with Gasteiger partial charge in [-0.3, -0.25) is 0 Å². The zero-order valence-electron chi connectivity index (χ0n) is 10.9. The lowest BCUT2D eigenvalue weighted by molar-refractivity contribution is 0.593. The predicted octanol–water partition coefficient (Wildman–Crippen LogP) is 2.75. The summed E-state index contributed by atoms with van der Waals surface area (Å²) in [6, 6.07) is 11.4. The Morgan fingerprint density at radius 2 is 1.76 bits per heavy atom. The fraction of sp³-hybridized carbons (Fsp3) is 0.200. The van der Waals surface area contributed by atoms with Gasteiger partial charge in [0.2, 0.25) is 0 Å². The van der Waals surface area contributed by atoms with Crippen molar-refractivity contribution in [1.82, 2.24) is 0 Å². The highest BCUT2D eigenvalue weighted by molar-refractivity contribution is 7.92. The van der Waals surface area contributed by atoms with E-state index >= 15 is 0 Å². The highest BCUT2D eigenvalue weighted by Gasteiger charge is 2.57. The first-order valence-corrected chi connectivity index (χ1v) is 8.34. The first-order chi connectivity index (χ1) is 9.91. The number of halogens is 2. The number of benzene rings is 2. The smallest absolute Gasteiger partial charge is 0.183 e. The zero-order valence-corrected chi connectivity index (χ0v) is 12.5. The molecule has 0 amide bonds. The molecule has 1 fully saturated rings. The molecule has 0 bridgehead atoms. The van der Waals surface area contributed by atoms with Crippen molar-refractivity contribution in [3.8, 4) is 0 Å². The lowest BCUT2D eigenvalue weighted by atomic mass is 10.1. The summed E-state index contributed by atoms with van der Waals surface area (Å²) in [7, 11) is -3.55. The van der Waals surface area contributed by atoms with E-state index < -0.39 is 26.9 Å². The van der Waals surface area contributed by atoms with E-state index in [0.29, 0.717) is 10.6 Å². The highest BCUT2D eigenvalue weighted by Crippen LogP contribution is 2.47. The average Bonchev–Trinajstić information content (AvgIpc) is 3.12. The zero-order chi connectivity index (χ0) is 15.2.